The second-order valence-corrected chi connectivity index (χ2v) is 9.38. The molecular formula is C21H25N3O3S. The van der Waals surface area contributed by atoms with Gasteiger partial charge >= 0.3 is 0 Å². The van der Waals surface area contributed by atoms with E-state index in [2.05, 4.69) is 11.4 Å². The molecule has 0 spiro atoms. The number of benzene rings is 2. The lowest BCUT2D eigenvalue weighted by atomic mass is 10.1. The Labute approximate surface area is 166 Å². The van der Waals surface area contributed by atoms with Crippen molar-refractivity contribution in [2.45, 2.75) is 37.1 Å². The molecule has 1 fully saturated rings. The Morgan fingerprint density at radius 1 is 1.11 bits per heavy atom. The van der Waals surface area contributed by atoms with Crippen LogP contribution in [0.1, 0.15) is 25.3 Å². The molecular weight excluding hydrogens is 374 g/mol. The van der Waals surface area contributed by atoms with Crippen LogP contribution in [0.3, 0.4) is 0 Å². The second-order valence-electron chi connectivity index (χ2n) is 7.44. The zero-order valence-electron chi connectivity index (χ0n) is 16.0. The van der Waals surface area contributed by atoms with Crippen molar-refractivity contribution in [1.29, 1.82) is 0 Å². The molecule has 6 nitrogen and oxygen atoms in total. The van der Waals surface area contributed by atoms with Crippen molar-refractivity contribution in [3.63, 3.8) is 0 Å². The molecule has 0 saturated carbocycles. The first-order chi connectivity index (χ1) is 13.5. The van der Waals surface area contributed by atoms with Gasteiger partial charge in [-0.1, -0.05) is 24.3 Å². The molecule has 0 bridgehead atoms. The van der Waals surface area contributed by atoms with Gasteiger partial charge in [-0.05, 0) is 56.0 Å². The van der Waals surface area contributed by atoms with Gasteiger partial charge in [-0.3, -0.25) is 4.79 Å². The Bertz CT molecular complexity index is 984. The molecule has 7 heteroatoms. The normalized spacial score (nSPS) is 19.6. The van der Waals surface area contributed by atoms with Gasteiger partial charge in [0, 0.05) is 30.5 Å². The lowest BCUT2D eigenvalue weighted by Gasteiger charge is -2.23. The molecule has 0 aliphatic carbocycles. The van der Waals surface area contributed by atoms with Gasteiger partial charge < -0.3 is 10.2 Å². The molecule has 1 amide bonds. The fourth-order valence-electron chi connectivity index (χ4n) is 4.05. The number of hydrogen-bond donors (Lipinski definition) is 1. The van der Waals surface area contributed by atoms with Crippen LogP contribution < -0.4 is 10.2 Å². The number of carbonyl (C=O) groups excluding carboxylic acids is 1. The summed E-state index contributed by atoms with van der Waals surface area (Å²) in [6, 6.07) is 14.8. The molecule has 28 heavy (non-hydrogen) atoms. The number of carbonyl (C=O) groups is 1. The van der Waals surface area contributed by atoms with E-state index in [1.807, 2.05) is 30.0 Å². The number of rotatable bonds is 5. The highest BCUT2D eigenvalue weighted by Gasteiger charge is 2.30. The topological polar surface area (TPSA) is 69.7 Å². The van der Waals surface area contributed by atoms with Crippen molar-refractivity contribution in [1.82, 2.24) is 4.31 Å². The Balaban J connectivity index is 1.46. The molecule has 1 N–H and O–H groups in total. The van der Waals surface area contributed by atoms with Gasteiger partial charge in [0.1, 0.15) is 0 Å². The molecule has 2 aliphatic heterocycles. The summed E-state index contributed by atoms with van der Waals surface area (Å²) in [4.78, 5) is 14.9. The average Bonchev–Trinajstić information content (AvgIpc) is 3.34. The van der Waals surface area contributed by atoms with E-state index in [1.165, 1.54) is 9.87 Å². The molecule has 2 aromatic rings. The third kappa shape index (κ3) is 3.52. The van der Waals surface area contributed by atoms with E-state index in [-0.39, 0.29) is 23.4 Å². The summed E-state index contributed by atoms with van der Waals surface area (Å²) in [5, 5.41) is 3.10. The van der Waals surface area contributed by atoms with Crippen LogP contribution in [0.2, 0.25) is 0 Å². The summed E-state index contributed by atoms with van der Waals surface area (Å²) in [7, 11) is -3.47. The van der Waals surface area contributed by atoms with E-state index in [4.69, 9.17) is 0 Å². The predicted octanol–water partition coefficient (Wildman–Crippen LogP) is 2.86. The molecule has 148 valence electrons. The van der Waals surface area contributed by atoms with E-state index in [1.54, 1.807) is 24.3 Å². The largest absolute Gasteiger partial charge is 0.376 e. The number of sulfonamides is 1. The van der Waals surface area contributed by atoms with Crippen LogP contribution >= 0.6 is 0 Å². The van der Waals surface area contributed by atoms with Crippen LogP contribution in [0.25, 0.3) is 0 Å². The summed E-state index contributed by atoms with van der Waals surface area (Å²) >= 11 is 0. The van der Waals surface area contributed by atoms with E-state index in [9.17, 15) is 13.2 Å². The highest BCUT2D eigenvalue weighted by Crippen LogP contribution is 2.32. The third-order valence-electron chi connectivity index (χ3n) is 5.46. The fourth-order valence-corrected chi connectivity index (χ4v) is 5.62. The number of hydrogen-bond acceptors (Lipinski definition) is 4. The molecule has 1 saturated heterocycles. The lowest BCUT2D eigenvalue weighted by Crippen LogP contribution is -2.39. The summed E-state index contributed by atoms with van der Waals surface area (Å²) in [5.41, 5.74) is 2.78. The smallest absolute Gasteiger partial charge is 0.246 e. The SMILES string of the molecule is C[C@@H]1Cc2ccccc2N1C(=O)CNc1cccc(S(=O)(=O)N2CCCC2)c1. The first-order valence-corrected chi connectivity index (χ1v) is 11.1. The predicted molar refractivity (Wildman–Crippen MR) is 110 cm³/mol. The highest BCUT2D eigenvalue weighted by molar-refractivity contribution is 7.89. The Morgan fingerprint density at radius 2 is 1.86 bits per heavy atom. The van der Waals surface area contributed by atoms with Gasteiger partial charge in [-0.25, -0.2) is 8.42 Å². The van der Waals surface area contributed by atoms with Gasteiger partial charge in [-0.15, -0.1) is 0 Å². The standard InChI is InChI=1S/C21H25N3O3S/c1-16-13-17-7-2-3-10-20(17)24(16)21(25)15-22-18-8-6-9-19(14-18)28(26,27)23-11-4-5-12-23/h2-3,6-10,14,16,22H,4-5,11-13,15H2,1H3/t16-/m1/s1. The zero-order valence-corrected chi connectivity index (χ0v) is 16.8. The van der Waals surface area contributed by atoms with Crippen molar-refractivity contribution in [3.8, 4) is 0 Å². The van der Waals surface area contributed by atoms with Gasteiger partial charge in [-0.2, -0.15) is 4.31 Å². The van der Waals surface area contributed by atoms with Crippen molar-refractivity contribution < 1.29 is 13.2 Å². The van der Waals surface area contributed by atoms with Crippen LogP contribution in [-0.2, 0) is 21.2 Å². The number of amides is 1. The third-order valence-corrected chi connectivity index (χ3v) is 7.35. The summed E-state index contributed by atoms with van der Waals surface area (Å²) in [6.07, 6.45) is 2.66. The van der Waals surface area contributed by atoms with Crippen LogP contribution in [0, 0.1) is 0 Å². The van der Waals surface area contributed by atoms with Crippen LogP contribution in [0.15, 0.2) is 53.4 Å². The molecule has 2 aromatic carbocycles. The van der Waals surface area contributed by atoms with E-state index >= 15 is 0 Å². The van der Waals surface area contributed by atoms with Crippen LogP contribution in [0.4, 0.5) is 11.4 Å². The minimum absolute atomic E-state index is 0.0229. The molecule has 2 aliphatic rings. The minimum atomic E-state index is -3.47. The number of nitrogens with one attached hydrogen (secondary N) is 1. The maximum atomic E-state index is 12.8. The number of fused-ring (bicyclic) bond motifs is 1. The molecule has 0 unspecified atom stereocenters. The summed E-state index contributed by atoms with van der Waals surface area (Å²) < 4.78 is 27.0. The molecule has 0 aromatic heterocycles. The van der Waals surface area contributed by atoms with Gasteiger partial charge in [0.05, 0.1) is 11.4 Å². The van der Waals surface area contributed by atoms with Gasteiger partial charge in [0.25, 0.3) is 0 Å². The fraction of sp³-hybridized carbons (Fsp3) is 0.381. The zero-order chi connectivity index (χ0) is 19.7. The average molecular weight is 400 g/mol. The maximum absolute atomic E-state index is 12.8. The molecule has 0 radical (unpaired) electrons. The first kappa shape index (κ1) is 19.0. The molecule has 4 rings (SSSR count). The first-order valence-electron chi connectivity index (χ1n) is 9.71. The van der Waals surface area contributed by atoms with Crippen molar-refractivity contribution in [2.24, 2.45) is 0 Å². The van der Waals surface area contributed by atoms with Gasteiger partial charge in [0.15, 0.2) is 0 Å². The van der Waals surface area contributed by atoms with Crippen LogP contribution in [-0.4, -0.2) is 44.3 Å². The minimum Gasteiger partial charge on any atom is -0.376 e. The van der Waals surface area contributed by atoms with Crippen molar-refractivity contribution in [2.75, 3.05) is 29.9 Å². The Kier molecular flexibility index (Phi) is 5.12. The number of anilines is 2. The lowest BCUT2D eigenvalue weighted by molar-refractivity contribution is -0.117. The highest BCUT2D eigenvalue weighted by atomic mass is 32.2. The molecule has 2 heterocycles. The Hall–Kier alpha value is -2.38. The van der Waals surface area contributed by atoms with Crippen molar-refractivity contribution in [3.05, 3.63) is 54.1 Å². The van der Waals surface area contributed by atoms with E-state index < -0.39 is 10.0 Å². The number of para-hydroxylation sites is 1. The number of nitrogens with zero attached hydrogens (tertiary/aromatic N) is 2. The van der Waals surface area contributed by atoms with E-state index in [0.717, 1.165) is 24.9 Å². The maximum Gasteiger partial charge on any atom is 0.246 e. The summed E-state index contributed by atoms with van der Waals surface area (Å²) in [6.45, 7) is 3.31. The quantitative estimate of drug-likeness (QED) is 0.839. The monoisotopic (exact) mass is 399 g/mol. The van der Waals surface area contributed by atoms with Gasteiger partial charge in [0.2, 0.25) is 15.9 Å². The second kappa shape index (κ2) is 7.56. The summed E-state index contributed by atoms with van der Waals surface area (Å²) in [5.74, 6) is -0.0229. The van der Waals surface area contributed by atoms with Crippen molar-refractivity contribution >= 4 is 27.3 Å². The van der Waals surface area contributed by atoms with E-state index in [0.29, 0.717) is 18.8 Å². The van der Waals surface area contributed by atoms with Crippen LogP contribution in [0.5, 0.6) is 0 Å². The Morgan fingerprint density at radius 3 is 2.64 bits per heavy atom. The molecule has 1 atom stereocenters.